The molecule has 22 heavy (non-hydrogen) atoms. The molecule has 0 aliphatic carbocycles. The molecular weight excluding hydrogens is 280 g/mol. The molecule has 5 nitrogen and oxygen atoms in total. The van der Waals surface area contributed by atoms with Crippen LogP contribution >= 0.6 is 0 Å². The van der Waals surface area contributed by atoms with Crippen molar-refractivity contribution >= 4 is 6.09 Å². The van der Waals surface area contributed by atoms with Gasteiger partial charge in [0.1, 0.15) is 5.75 Å². The molecule has 1 unspecified atom stereocenters. The Morgan fingerprint density at radius 1 is 1.36 bits per heavy atom. The van der Waals surface area contributed by atoms with E-state index in [1.165, 1.54) is 0 Å². The maximum absolute atomic E-state index is 11.1. The number of ether oxygens (including phenoxy) is 1. The first-order valence-electron chi connectivity index (χ1n) is 7.14. The quantitative estimate of drug-likeness (QED) is 0.890. The van der Waals surface area contributed by atoms with Gasteiger partial charge < -0.3 is 15.2 Å². The van der Waals surface area contributed by atoms with Crippen LogP contribution in [0, 0.1) is 5.41 Å². The van der Waals surface area contributed by atoms with Gasteiger partial charge in [-0.25, -0.2) is 4.79 Å². The third-order valence-electron chi connectivity index (χ3n) is 3.97. The van der Waals surface area contributed by atoms with E-state index in [9.17, 15) is 4.79 Å². The van der Waals surface area contributed by atoms with Crippen molar-refractivity contribution < 1.29 is 14.6 Å². The second kappa shape index (κ2) is 5.33. The first-order chi connectivity index (χ1) is 10.5. The average molecular weight is 298 g/mol. The number of aromatic nitrogens is 1. The van der Waals surface area contributed by atoms with Gasteiger partial charge in [-0.05, 0) is 17.7 Å². The van der Waals surface area contributed by atoms with Crippen LogP contribution in [0.15, 0.2) is 42.7 Å². The molecule has 3 rings (SSSR count). The summed E-state index contributed by atoms with van der Waals surface area (Å²) in [5.74, 6) is 0.722. The van der Waals surface area contributed by atoms with Gasteiger partial charge in [-0.1, -0.05) is 32.0 Å². The summed E-state index contributed by atoms with van der Waals surface area (Å²) in [6, 6.07) is 9.41. The molecule has 114 valence electrons. The van der Waals surface area contributed by atoms with Gasteiger partial charge in [-0.15, -0.1) is 0 Å². The SMILES string of the molecule is CC1(C)COc2cc(-c3cccnc3)ccc2C1NC(=O)O. The molecule has 1 aliphatic rings. The highest BCUT2D eigenvalue weighted by atomic mass is 16.5. The maximum atomic E-state index is 11.1. The van der Waals surface area contributed by atoms with E-state index in [2.05, 4.69) is 10.3 Å². The largest absolute Gasteiger partial charge is 0.493 e. The van der Waals surface area contributed by atoms with Crippen molar-refractivity contribution in [2.24, 2.45) is 5.41 Å². The lowest BCUT2D eigenvalue weighted by molar-refractivity contribution is 0.0996. The average Bonchev–Trinajstić information content (AvgIpc) is 2.50. The van der Waals surface area contributed by atoms with Gasteiger partial charge in [0.15, 0.2) is 0 Å². The minimum Gasteiger partial charge on any atom is -0.493 e. The second-order valence-electron chi connectivity index (χ2n) is 6.15. The lowest BCUT2D eigenvalue weighted by atomic mass is 9.78. The molecule has 2 heterocycles. The van der Waals surface area contributed by atoms with Crippen LogP contribution in [0.1, 0.15) is 25.5 Å². The number of rotatable bonds is 2. The van der Waals surface area contributed by atoms with Gasteiger partial charge in [-0.3, -0.25) is 4.98 Å². The smallest absolute Gasteiger partial charge is 0.405 e. The number of benzene rings is 1. The highest BCUT2D eigenvalue weighted by Crippen LogP contribution is 2.43. The zero-order valence-corrected chi connectivity index (χ0v) is 12.5. The van der Waals surface area contributed by atoms with Gasteiger partial charge in [0.25, 0.3) is 0 Å². The Morgan fingerprint density at radius 3 is 2.86 bits per heavy atom. The van der Waals surface area contributed by atoms with Crippen LogP contribution in [0.2, 0.25) is 0 Å². The van der Waals surface area contributed by atoms with Crippen LogP contribution in [-0.2, 0) is 0 Å². The van der Waals surface area contributed by atoms with E-state index in [1.807, 2.05) is 44.2 Å². The molecule has 2 N–H and O–H groups in total. The molecule has 1 atom stereocenters. The number of carboxylic acid groups (broad SMARTS) is 1. The lowest BCUT2D eigenvalue weighted by Gasteiger charge is -2.39. The summed E-state index contributed by atoms with van der Waals surface area (Å²) in [7, 11) is 0. The number of amides is 1. The minimum atomic E-state index is -1.03. The minimum absolute atomic E-state index is 0.295. The topological polar surface area (TPSA) is 71.5 Å². The van der Waals surface area contributed by atoms with E-state index in [0.717, 1.165) is 22.4 Å². The number of hydrogen-bond acceptors (Lipinski definition) is 3. The predicted octanol–water partition coefficient (Wildman–Crippen LogP) is 3.48. The summed E-state index contributed by atoms with van der Waals surface area (Å²) in [4.78, 5) is 15.2. The Morgan fingerprint density at radius 2 is 2.18 bits per heavy atom. The van der Waals surface area contributed by atoms with E-state index < -0.39 is 6.09 Å². The number of carbonyl (C=O) groups is 1. The molecule has 1 aromatic heterocycles. The summed E-state index contributed by atoms with van der Waals surface area (Å²) in [6.45, 7) is 4.44. The zero-order chi connectivity index (χ0) is 15.7. The fourth-order valence-corrected chi connectivity index (χ4v) is 2.78. The summed E-state index contributed by atoms with van der Waals surface area (Å²) in [5.41, 5.74) is 2.56. The molecule has 0 saturated carbocycles. The highest BCUT2D eigenvalue weighted by Gasteiger charge is 2.38. The van der Waals surface area contributed by atoms with Crippen molar-refractivity contribution in [1.29, 1.82) is 0 Å². The Labute approximate surface area is 129 Å². The molecule has 1 aliphatic heterocycles. The highest BCUT2D eigenvalue weighted by molar-refractivity contribution is 5.68. The van der Waals surface area contributed by atoms with E-state index in [0.29, 0.717) is 6.61 Å². The number of nitrogens with zero attached hydrogens (tertiary/aromatic N) is 1. The molecule has 5 heteroatoms. The van der Waals surface area contributed by atoms with Crippen LogP contribution in [0.4, 0.5) is 4.79 Å². The molecule has 1 amide bonds. The van der Waals surface area contributed by atoms with Crippen molar-refractivity contribution in [3.8, 4) is 16.9 Å². The van der Waals surface area contributed by atoms with Crippen molar-refractivity contribution in [3.63, 3.8) is 0 Å². The third kappa shape index (κ3) is 2.62. The van der Waals surface area contributed by atoms with E-state index in [4.69, 9.17) is 9.84 Å². The van der Waals surface area contributed by atoms with Crippen molar-refractivity contribution in [2.75, 3.05) is 6.61 Å². The van der Waals surface area contributed by atoms with Gasteiger partial charge in [0.2, 0.25) is 0 Å². The Hall–Kier alpha value is -2.56. The molecular formula is C17H18N2O3. The fourth-order valence-electron chi connectivity index (χ4n) is 2.78. The summed E-state index contributed by atoms with van der Waals surface area (Å²) < 4.78 is 5.86. The van der Waals surface area contributed by atoms with E-state index in [1.54, 1.807) is 12.4 Å². The summed E-state index contributed by atoms with van der Waals surface area (Å²) >= 11 is 0. The lowest BCUT2D eigenvalue weighted by Crippen LogP contribution is -2.43. The molecule has 0 radical (unpaired) electrons. The van der Waals surface area contributed by atoms with Gasteiger partial charge in [0, 0.05) is 28.9 Å². The predicted molar refractivity (Wildman–Crippen MR) is 82.9 cm³/mol. The van der Waals surface area contributed by atoms with Crippen LogP contribution in [0.3, 0.4) is 0 Å². The molecule has 2 aromatic rings. The Kier molecular flexibility index (Phi) is 3.48. The molecule has 0 bridgehead atoms. The van der Waals surface area contributed by atoms with Gasteiger partial charge >= 0.3 is 6.09 Å². The van der Waals surface area contributed by atoms with Crippen molar-refractivity contribution in [1.82, 2.24) is 10.3 Å². The van der Waals surface area contributed by atoms with Crippen LogP contribution in [-0.4, -0.2) is 22.8 Å². The van der Waals surface area contributed by atoms with Crippen LogP contribution in [0.5, 0.6) is 5.75 Å². The van der Waals surface area contributed by atoms with Crippen molar-refractivity contribution in [2.45, 2.75) is 19.9 Å². The molecule has 1 aromatic carbocycles. The van der Waals surface area contributed by atoms with E-state index in [-0.39, 0.29) is 11.5 Å². The standard InChI is InChI=1S/C17H18N2O3/c1-17(2)10-22-14-8-11(12-4-3-7-18-9-12)5-6-13(14)15(17)19-16(20)21/h3-9,15,19H,10H2,1-2H3,(H,20,21). The number of hydrogen-bond donors (Lipinski definition) is 2. The monoisotopic (exact) mass is 298 g/mol. The Balaban J connectivity index is 2.01. The first-order valence-corrected chi connectivity index (χ1v) is 7.14. The molecule has 0 spiro atoms. The van der Waals surface area contributed by atoms with Crippen molar-refractivity contribution in [3.05, 3.63) is 48.3 Å². The summed E-state index contributed by atoms with van der Waals surface area (Å²) in [5, 5.41) is 11.7. The number of fused-ring (bicyclic) bond motifs is 1. The third-order valence-corrected chi connectivity index (χ3v) is 3.97. The van der Waals surface area contributed by atoms with Crippen LogP contribution in [0.25, 0.3) is 11.1 Å². The molecule has 0 fully saturated rings. The molecule has 0 saturated heterocycles. The normalized spacial score (nSPS) is 18.9. The maximum Gasteiger partial charge on any atom is 0.405 e. The zero-order valence-electron chi connectivity index (χ0n) is 12.5. The van der Waals surface area contributed by atoms with Crippen LogP contribution < -0.4 is 10.1 Å². The second-order valence-corrected chi connectivity index (χ2v) is 6.15. The number of nitrogens with one attached hydrogen (secondary N) is 1. The first kappa shape index (κ1) is 14.4. The number of pyridine rings is 1. The Bertz CT molecular complexity index is 698. The summed E-state index contributed by atoms with van der Waals surface area (Å²) in [6.07, 6.45) is 2.50. The fraction of sp³-hybridized carbons (Fsp3) is 0.294. The van der Waals surface area contributed by atoms with E-state index >= 15 is 0 Å². The van der Waals surface area contributed by atoms with Gasteiger partial charge in [-0.2, -0.15) is 0 Å². The van der Waals surface area contributed by atoms with Gasteiger partial charge in [0.05, 0.1) is 12.6 Å².